The van der Waals surface area contributed by atoms with Gasteiger partial charge in [0.05, 0.1) is 15.6 Å². The first-order valence-electron chi connectivity index (χ1n) is 7.73. The number of aromatic nitrogens is 3. The third kappa shape index (κ3) is 4.31. The predicted molar refractivity (Wildman–Crippen MR) is 97.1 cm³/mol. The van der Waals surface area contributed by atoms with E-state index in [1.54, 1.807) is 19.1 Å². The Morgan fingerprint density at radius 2 is 1.81 bits per heavy atom. The summed E-state index contributed by atoms with van der Waals surface area (Å²) in [6.45, 7) is 1.69. The van der Waals surface area contributed by atoms with E-state index in [0.717, 1.165) is 0 Å². The lowest BCUT2D eigenvalue weighted by atomic mass is 10.0. The SMILES string of the molecule is Cc1cccc(-c2nc(C(F)(F)F)c(Cc3ccc(Cl)c(Cl)c3)c(=O)[nH]2)n1. The zero-order chi connectivity index (χ0) is 19.8. The summed E-state index contributed by atoms with van der Waals surface area (Å²) in [6.07, 6.45) is -5.10. The number of hydrogen-bond acceptors (Lipinski definition) is 3. The standard InChI is InChI=1S/C18H12Cl2F3N3O/c1-9-3-2-4-14(24-9)16-25-15(18(21,22)23)11(17(27)26-16)7-10-5-6-12(19)13(20)8-10/h2-6,8H,7H2,1H3,(H,25,26,27). The molecule has 0 amide bonds. The van der Waals surface area contributed by atoms with E-state index in [4.69, 9.17) is 23.2 Å². The second kappa shape index (κ2) is 7.32. The van der Waals surface area contributed by atoms with Gasteiger partial charge in [0.2, 0.25) is 0 Å². The average Bonchev–Trinajstić information content (AvgIpc) is 2.58. The van der Waals surface area contributed by atoms with Crippen LogP contribution in [0.2, 0.25) is 10.0 Å². The molecule has 9 heteroatoms. The lowest BCUT2D eigenvalue weighted by Gasteiger charge is -2.13. The smallest absolute Gasteiger partial charge is 0.305 e. The molecule has 0 bridgehead atoms. The fraction of sp³-hybridized carbons (Fsp3) is 0.167. The van der Waals surface area contributed by atoms with Crippen molar-refractivity contribution >= 4 is 23.2 Å². The zero-order valence-corrected chi connectivity index (χ0v) is 15.4. The van der Waals surface area contributed by atoms with Crippen molar-refractivity contribution in [2.75, 3.05) is 0 Å². The molecule has 0 aliphatic carbocycles. The summed E-state index contributed by atoms with van der Waals surface area (Å²) in [5, 5.41) is 0.456. The van der Waals surface area contributed by atoms with Crippen LogP contribution in [0.15, 0.2) is 41.2 Å². The molecule has 3 aromatic rings. The minimum absolute atomic E-state index is 0.152. The molecule has 1 aromatic carbocycles. The summed E-state index contributed by atoms with van der Waals surface area (Å²) in [7, 11) is 0. The van der Waals surface area contributed by atoms with Gasteiger partial charge in [-0.15, -0.1) is 0 Å². The Balaban J connectivity index is 2.13. The molecule has 0 unspecified atom stereocenters. The second-order valence-electron chi connectivity index (χ2n) is 5.83. The van der Waals surface area contributed by atoms with E-state index in [2.05, 4.69) is 15.0 Å². The van der Waals surface area contributed by atoms with E-state index in [1.807, 2.05) is 0 Å². The van der Waals surface area contributed by atoms with Crippen molar-refractivity contribution in [1.29, 1.82) is 0 Å². The Bertz CT molecular complexity index is 1060. The normalized spacial score (nSPS) is 11.6. The van der Waals surface area contributed by atoms with Crippen LogP contribution in [0.3, 0.4) is 0 Å². The van der Waals surface area contributed by atoms with Crippen LogP contribution >= 0.6 is 23.2 Å². The summed E-state index contributed by atoms with van der Waals surface area (Å²) in [5.41, 5.74) is -1.50. The average molecular weight is 414 g/mol. The van der Waals surface area contributed by atoms with E-state index < -0.39 is 23.0 Å². The molecule has 0 spiro atoms. The topological polar surface area (TPSA) is 58.6 Å². The lowest BCUT2D eigenvalue weighted by Crippen LogP contribution is -2.24. The van der Waals surface area contributed by atoms with Gasteiger partial charge < -0.3 is 4.98 Å². The molecule has 27 heavy (non-hydrogen) atoms. The fourth-order valence-electron chi connectivity index (χ4n) is 2.55. The number of hydrogen-bond donors (Lipinski definition) is 1. The molecule has 1 N–H and O–H groups in total. The van der Waals surface area contributed by atoms with Crippen LogP contribution in [0.25, 0.3) is 11.5 Å². The van der Waals surface area contributed by atoms with E-state index in [-0.39, 0.29) is 28.0 Å². The highest BCUT2D eigenvalue weighted by Gasteiger charge is 2.37. The van der Waals surface area contributed by atoms with Gasteiger partial charge in [-0.1, -0.05) is 35.3 Å². The highest BCUT2D eigenvalue weighted by atomic mass is 35.5. The van der Waals surface area contributed by atoms with Crippen LogP contribution in [0.4, 0.5) is 13.2 Å². The van der Waals surface area contributed by atoms with Crippen molar-refractivity contribution in [2.45, 2.75) is 19.5 Å². The number of nitrogens with one attached hydrogen (secondary N) is 1. The summed E-state index contributed by atoms with van der Waals surface area (Å²) < 4.78 is 40.7. The Morgan fingerprint density at radius 3 is 2.44 bits per heavy atom. The minimum Gasteiger partial charge on any atom is -0.305 e. The molecule has 0 radical (unpaired) electrons. The van der Waals surface area contributed by atoms with Crippen LogP contribution in [-0.4, -0.2) is 15.0 Å². The first-order chi connectivity index (χ1) is 12.6. The van der Waals surface area contributed by atoms with Crippen molar-refractivity contribution in [3.8, 4) is 11.5 Å². The Morgan fingerprint density at radius 1 is 1.07 bits per heavy atom. The van der Waals surface area contributed by atoms with Gasteiger partial charge in [0.1, 0.15) is 5.69 Å². The summed E-state index contributed by atoms with van der Waals surface area (Å²) in [6, 6.07) is 9.16. The number of aryl methyl sites for hydroxylation is 1. The van der Waals surface area contributed by atoms with Crippen molar-refractivity contribution in [2.24, 2.45) is 0 Å². The second-order valence-corrected chi connectivity index (χ2v) is 6.64. The van der Waals surface area contributed by atoms with Crippen LogP contribution < -0.4 is 5.56 Å². The first-order valence-corrected chi connectivity index (χ1v) is 8.49. The fourth-order valence-corrected chi connectivity index (χ4v) is 2.87. The van der Waals surface area contributed by atoms with E-state index in [0.29, 0.717) is 11.3 Å². The van der Waals surface area contributed by atoms with Crippen LogP contribution in [0, 0.1) is 6.92 Å². The van der Waals surface area contributed by atoms with Gasteiger partial charge in [-0.05, 0) is 36.8 Å². The molecule has 2 aromatic heterocycles. The third-order valence-corrected chi connectivity index (χ3v) is 4.52. The van der Waals surface area contributed by atoms with Gasteiger partial charge in [-0.2, -0.15) is 13.2 Å². The number of rotatable bonds is 3. The highest BCUT2D eigenvalue weighted by Crippen LogP contribution is 2.32. The number of nitrogens with zero attached hydrogens (tertiary/aromatic N) is 2. The van der Waals surface area contributed by atoms with Crippen LogP contribution in [-0.2, 0) is 12.6 Å². The van der Waals surface area contributed by atoms with Gasteiger partial charge >= 0.3 is 6.18 Å². The molecular formula is C18H12Cl2F3N3O. The molecule has 0 atom stereocenters. The van der Waals surface area contributed by atoms with Gasteiger partial charge in [0.25, 0.3) is 5.56 Å². The maximum absolute atomic E-state index is 13.6. The molecule has 0 fully saturated rings. The molecule has 2 heterocycles. The third-order valence-electron chi connectivity index (χ3n) is 3.78. The Kier molecular flexibility index (Phi) is 5.26. The van der Waals surface area contributed by atoms with E-state index in [1.165, 1.54) is 24.3 Å². The number of aromatic amines is 1. The minimum atomic E-state index is -4.81. The van der Waals surface area contributed by atoms with Crippen LogP contribution in [0.1, 0.15) is 22.5 Å². The van der Waals surface area contributed by atoms with E-state index >= 15 is 0 Å². The predicted octanol–water partition coefficient (Wildman–Crippen LogP) is 5.06. The van der Waals surface area contributed by atoms with Gasteiger partial charge in [-0.3, -0.25) is 4.79 Å². The maximum Gasteiger partial charge on any atom is 0.433 e. The largest absolute Gasteiger partial charge is 0.433 e. The Hall–Kier alpha value is -2.38. The molecule has 4 nitrogen and oxygen atoms in total. The molecule has 0 aliphatic heterocycles. The molecule has 140 valence electrons. The van der Waals surface area contributed by atoms with E-state index in [9.17, 15) is 18.0 Å². The van der Waals surface area contributed by atoms with Gasteiger partial charge in [-0.25, -0.2) is 9.97 Å². The van der Waals surface area contributed by atoms with Crippen molar-refractivity contribution in [3.63, 3.8) is 0 Å². The zero-order valence-electron chi connectivity index (χ0n) is 13.9. The number of benzene rings is 1. The summed E-state index contributed by atoms with van der Waals surface area (Å²) >= 11 is 11.7. The van der Waals surface area contributed by atoms with Crippen molar-refractivity contribution in [1.82, 2.24) is 15.0 Å². The molecule has 0 saturated carbocycles. The van der Waals surface area contributed by atoms with Gasteiger partial charge in [0, 0.05) is 12.1 Å². The molecule has 0 saturated heterocycles. The van der Waals surface area contributed by atoms with Crippen molar-refractivity contribution < 1.29 is 13.2 Å². The lowest BCUT2D eigenvalue weighted by molar-refractivity contribution is -0.141. The monoisotopic (exact) mass is 413 g/mol. The molecule has 0 aliphatic rings. The van der Waals surface area contributed by atoms with Gasteiger partial charge in [0.15, 0.2) is 11.5 Å². The van der Waals surface area contributed by atoms with Crippen LogP contribution in [0.5, 0.6) is 0 Å². The molecular weight excluding hydrogens is 402 g/mol. The van der Waals surface area contributed by atoms with Crippen molar-refractivity contribution in [3.05, 3.63) is 79.3 Å². The quantitative estimate of drug-likeness (QED) is 0.652. The summed E-state index contributed by atoms with van der Waals surface area (Å²) in [4.78, 5) is 22.6. The maximum atomic E-state index is 13.6. The Labute approximate surface area is 162 Å². The first kappa shape index (κ1) is 19.4. The molecule has 3 rings (SSSR count). The number of halogens is 5. The highest BCUT2D eigenvalue weighted by molar-refractivity contribution is 6.42. The number of pyridine rings is 1. The number of H-pyrrole nitrogens is 1. The summed E-state index contributed by atoms with van der Waals surface area (Å²) in [5.74, 6) is -0.242. The number of alkyl halides is 3.